The van der Waals surface area contributed by atoms with Crippen molar-refractivity contribution in [1.29, 1.82) is 0 Å². The number of carbonyl (C=O) groups is 2. The molecule has 3 heterocycles. The first kappa shape index (κ1) is 35.7. The molecule has 1 amide bonds. The third-order valence-electron chi connectivity index (χ3n) is 11.1. The lowest BCUT2D eigenvalue weighted by molar-refractivity contribution is -0.164. The Morgan fingerprint density at radius 3 is 2.61 bits per heavy atom. The minimum absolute atomic E-state index is 0.0141. The third kappa shape index (κ3) is 8.62. The zero-order chi connectivity index (χ0) is 34.4. The minimum Gasteiger partial charge on any atom is -0.487 e. The van der Waals surface area contributed by atoms with E-state index in [9.17, 15) is 19.8 Å². The first-order chi connectivity index (χ1) is 23.7. The number of halogens is 1. The van der Waals surface area contributed by atoms with Crippen LogP contribution in [0.1, 0.15) is 74.5 Å². The van der Waals surface area contributed by atoms with E-state index in [1.807, 2.05) is 18.2 Å². The Hall–Kier alpha value is -3.11. The molecule has 2 bridgehead atoms. The molecule has 10 heteroatoms. The average Bonchev–Trinajstić information content (AvgIpc) is 3.11. The van der Waals surface area contributed by atoms with Gasteiger partial charge in [0.25, 0.3) is 0 Å². The molecule has 0 aromatic heterocycles. The Balaban J connectivity index is 1.33. The molecule has 4 aliphatic rings. The maximum atomic E-state index is 13.3. The lowest BCUT2D eigenvalue weighted by Crippen LogP contribution is -2.45. The molecule has 9 nitrogen and oxygen atoms in total. The van der Waals surface area contributed by atoms with Crippen LogP contribution in [0.2, 0.25) is 5.02 Å². The number of aliphatic carboxylic acids is 1. The van der Waals surface area contributed by atoms with Gasteiger partial charge in [-0.3, -0.25) is 4.79 Å². The number of hydrogen-bond donors (Lipinski definition) is 2. The molecular weight excluding hydrogens is 642 g/mol. The van der Waals surface area contributed by atoms with Crippen LogP contribution in [0.3, 0.4) is 0 Å². The summed E-state index contributed by atoms with van der Waals surface area (Å²) in [6, 6.07) is 11.0. The molecule has 2 aromatic carbocycles. The number of hydrogen-bond acceptors (Lipinski definition) is 7. The van der Waals surface area contributed by atoms with Crippen molar-refractivity contribution in [3.05, 3.63) is 70.3 Å². The predicted molar refractivity (Wildman–Crippen MR) is 191 cm³/mol. The summed E-state index contributed by atoms with van der Waals surface area (Å²) in [5, 5.41) is 22.7. The number of rotatable bonds is 5. The number of carboxylic acids is 1. The smallest absolute Gasteiger partial charge is 0.340 e. The highest BCUT2D eigenvalue weighted by Gasteiger charge is 2.43. The number of aryl methyl sites for hydroxylation is 1. The summed E-state index contributed by atoms with van der Waals surface area (Å²) in [5.41, 5.74) is 0.760. The van der Waals surface area contributed by atoms with Gasteiger partial charge in [-0.1, -0.05) is 42.3 Å². The highest BCUT2D eigenvalue weighted by atomic mass is 35.5. The predicted octanol–water partition coefficient (Wildman–Crippen LogP) is 6.04. The largest absolute Gasteiger partial charge is 0.487 e. The van der Waals surface area contributed by atoms with Crippen LogP contribution in [0.15, 0.2) is 48.6 Å². The van der Waals surface area contributed by atoms with E-state index < -0.39 is 23.9 Å². The van der Waals surface area contributed by atoms with Gasteiger partial charge in [-0.25, -0.2) is 4.79 Å². The Morgan fingerprint density at radius 2 is 1.84 bits per heavy atom. The second-order valence-electron chi connectivity index (χ2n) is 14.4. The van der Waals surface area contributed by atoms with Gasteiger partial charge in [0.05, 0.1) is 24.8 Å². The quantitative estimate of drug-likeness (QED) is 0.366. The van der Waals surface area contributed by atoms with Crippen LogP contribution in [0, 0.1) is 11.8 Å². The van der Waals surface area contributed by atoms with Gasteiger partial charge in [-0.05, 0) is 117 Å². The summed E-state index contributed by atoms with van der Waals surface area (Å²) in [7, 11) is 1.66. The fourth-order valence-electron chi connectivity index (χ4n) is 7.83. The molecule has 0 spiro atoms. The molecule has 2 aromatic rings. The van der Waals surface area contributed by atoms with Gasteiger partial charge in [0.2, 0.25) is 5.91 Å². The van der Waals surface area contributed by atoms with Crippen LogP contribution in [-0.4, -0.2) is 90.9 Å². The van der Waals surface area contributed by atoms with Gasteiger partial charge in [0, 0.05) is 38.2 Å². The van der Waals surface area contributed by atoms with E-state index in [0.717, 1.165) is 76.1 Å². The lowest BCUT2D eigenvalue weighted by Gasteiger charge is -2.44. The zero-order valence-corrected chi connectivity index (χ0v) is 29.6. The minimum atomic E-state index is -2.39. The molecule has 3 aliphatic heterocycles. The monoisotopic (exact) mass is 693 g/mol. The van der Waals surface area contributed by atoms with E-state index in [1.165, 1.54) is 29.7 Å². The summed E-state index contributed by atoms with van der Waals surface area (Å²) in [5.74, 6) is -0.544. The molecule has 1 saturated heterocycles. The maximum Gasteiger partial charge on any atom is 0.340 e. The number of nitrogens with zero attached hydrogens (tertiary/aromatic N) is 3. The van der Waals surface area contributed by atoms with Crippen LogP contribution >= 0.6 is 11.6 Å². The molecule has 2 N–H and O–H groups in total. The highest BCUT2D eigenvalue weighted by Crippen LogP contribution is 2.43. The molecular formula is C39H52ClN3O6. The third-order valence-corrected chi connectivity index (χ3v) is 11.4. The summed E-state index contributed by atoms with van der Waals surface area (Å²) in [6.45, 7) is 6.17. The van der Waals surface area contributed by atoms with Gasteiger partial charge in [-0.2, -0.15) is 0 Å². The van der Waals surface area contributed by atoms with E-state index in [0.29, 0.717) is 48.8 Å². The molecule has 0 unspecified atom stereocenters. The van der Waals surface area contributed by atoms with Crippen LogP contribution < -0.4 is 9.64 Å². The topological polar surface area (TPSA) is 103 Å². The Bertz CT molecular complexity index is 1500. The van der Waals surface area contributed by atoms with Gasteiger partial charge in [0.1, 0.15) is 12.4 Å². The molecule has 1 saturated carbocycles. The van der Waals surface area contributed by atoms with Gasteiger partial charge < -0.3 is 34.4 Å². The Kier molecular flexibility index (Phi) is 11.9. The van der Waals surface area contributed by atoms with E-state index in [-0.39, 0.29) is 11.7 Å². The number of anilines is 1. The highest BCUT2D eigenvalue weighted by molar-refractivity contribution is 6.30. The van der Waals surface area contributed by atoms with Crippen LogP contribution in [0.5, 0.6) is 5.75 Å². The summed E-state index contributed by atoms with van der Waals surface area (Å²) in [6.07, 6.45) is 13.1. The number of carbonyl (C=O) groups excluding carboxylic acids is 1. The van der Waals surface area contributed by atoms with Crippen molar-refractivity contribution in [2.45, 2.75) is 82.5 Å². The molecule has 2 fully saturated rings. The number of aliphatic hydroxyl groups is 1. The van der Waals surface area contributed by atoms with Crippen molar-refractivity contribution in [2.24, 2.45) is 11.8 Å². The number of carboxylic acid groups (broad SMARTS) is 1. The number of piperidine rings is 1. The van der Waals surface area contributed by atoms with Crippen molar-refractivity contribution in [3.63, 3.8) is 0 Å². The first-order valence-electron chi connectivity index (χ1n) is 18.2. The number of benzene rings is 2. The van der Waals surface area contributed by atoms with Crippen molar-refractivity contribution < 1.29 is 29.3 Å². The van der Waals surface area contributed by atoms with E-state index in [4.69, 9.17) is 21.1 Å². The van der Waals surface area contributed by atoms with Gasteiger partial charge in [0.15, 0.2) is 5.60 Å². The zero-order valence-electron chi connectivity index (χ0n) is 28.8. The van der Waals surface area contributed by atoms with Crippen LogP contribution in [0.4, 0.5) is 5.69 Å². The number of amides is 1. The van der Waals surface area contributed by atoms with Crippen molar-refractivity contribution in [3.8, 4) is 5.75 Å². The number of likely N-dealkylation sites (tertiary alicyclic amines) is 1. The summed E-state index contributed by atoms with van der Waals surface area (Å²) >= 11 is 6.37. The van der Waals surface area contributed by atoms with Gasteiger partial charge in [-0.15, -0.1) is 0 Å². The van der Waals surface area contributed by atoms with E-state index >= 15 is 0 Å². The molecule has 6 rings (SSSR count). The molecule has 1 aliphatic carbocycles. The first-order valence-corrected chi connectivity index (χ1v) is 18.6. The standard InChI is InChI=1S/C39H52ClN3O6/c1-41-17-7-4-10-35(48-22-21-42-18-5-2-6-19-42)33-15-12-29(33)26-43-20-8-3-9-28-23-32(40)14-11-30(28)27-49-36-16-13-31(24-34(36)43)39(47,38(45)46)25-37(41)44/h4,10-11,13-14,16,23-24,29,33,35,47H,2-3,5-9,12,15,17-22,25-27H2,1H3,(H,45,46)/b10-4+/t29-,33+,35-,39+/m0/s1. The molecule has 0 radical (unpaired) electrons. The van der Waals surface area contributed by atoms with E-state index in [1.54, 1.807) is 25.2 Å². The average molecular weight is 694 g/mol. The van der Waals surface area contributed by atoms with Crippen LogP contribution in [-0.2, 0) is 33.0 Å². The Labute approximate surface area is 295 Å². The number of fused-ring (bicyclic) bond motifs is 3. The molecule has 4 atom stereocenters. The van der Waals surface area contributed by atoms with Crippen molar-refractivity contribution in [1.82, 2.24) is 9.80 Å². The fourth-order valence-corrected chi connectivity index (χ4v) is 8.03. The summed E-state index contributed by atoms with van der Waals surface area (Å²) in [4.78, 5) is 32.4. The normalized spacial score (nSPS) is 27.9. The molecule has 266 valence electrons. The lowest BCUT2D eigenvalue weighted by atomic mass is 9.70. The summed E-state index contributed by atoms with van der Waals surface area (Å²) < 4.78 is 13.2. The van der Waals surface area contributed by atoms with Crippen molar-refractivity contribution in [2.75, 3.05) is 57.8 Å². The number of ether oxygens (including phenoxy) is 2. The fraction of sp³-hybridized carbons (Fsp3) is 0.590. The SMILES string of the molecule is CN1CC/C=C/[C@H](OCCN2CCCCC2)[C@@H]2CC[C@H]2CN2CCCCc3cc(Cl)ccc3COc3ccc(cc32)[C@@](O)(C(=O)O)CC1=O. The maximum absolute atomic E-state index is 13.3. The van der Waals surface area contributed by atoms with E-state index in [2.05, 4.69) is 22.0 Å². The van der Waals surface area contributed by atoms with Crippen LogP contribution in [0.25, 0.3) is 0 Å². The van der Waals surface area contributed by atoms with Gasteiger partial charge >= 0.3 is 5.97 Å². The molecule has 49 heavy (non-hydrogen) atoms. The second kappa shape index (κ2) is 16.3. The Morgan fingerprint density at radius 1 is 1.02 bits per heavy atom. The second-order valence-corrected chi connectivity index (χ2v) is 14.8. The van der Waals surface area contributed by atoms with Crippen molar-refractivity contribution >= 4 is 29.2 Å².